The quantitative estimate of drug-likeness (QED) is 0.799. The van der Waals surface area contributed by atoms with Gasteiger partial charge >= 0.3 is 0 Å². The summed E-state index contributed by atoms with van der Waals surface area (Å²) in [5.41, 5.74) is 6.04. The molecule has 1 aliphatic rings. The summed E-state index contributed by atoms with van der Waals surface area (Å²) in [5, 5.41) is 11.9. The van der Waals surface area contributed by atoms with Gasteiger partial charge in [-0.25, -0.2) is 0 Å². The van der Waals surface area contributed by atoms with Crippen LogP contribution in [0.5, 0.6) is 0 Å². The maximum absolute atomic E-state index is 12.1. The van der Waals surface area contributed by atoms with Crippen molar-refractivity contribution >= 4 is 5.91 Å². The number of carbonyl (C=O) groups excluding carboxylic acids is 1. The largest absolute Gasteiger partial charge is 0.340 e. The number of nitrogens with one attached hydrogen (secondary N) is 1. The third kappa shape index (κ3) is 4.30. The average molecular weight is 251 g/mol. The van der Waals surface area contributed by atoms with Crippen LogP contribution in [0.15, 0.2) is 0 Å². The Morgan fingerprint density at radius 1 is 1.50 bits per heavy atom. The summed E-state index contributed by atoms with van der Waals surface area (Å²) in [6.07, 6.45) is 3.49. The van der Waals surface area contributed by atoms with Crippen molar-refractivity contribution in [2.45, 2.75) is 58.5 Å². The number of nitrogens with two attached hydrogens (primary N) is 1. The summed E-state index contributed by atoms with van der Waals surface area (Å²) in [6, 6.07) is 1.71. The van der Waals surface area contributed by atoms with Gasteiger partial charge < -0.3 is 11.1 Å². The molecule has 1 saturated carbocycles. The van der Waals surface area contributed by atoms with Crippen LogP contribution in [0.2, 0.25) is 0 Å². The number of rotatable bonds is 4. The molecule has 0 saturated heterocycles. The molecule has 102 valence electrons. The maximum atomic E-state index is 12.1. The Hall–Kier alpha value is -1.08. The van der Waals surface area contributed by atoms with Crippen molar-refractivity contribution in [2.24, 2.45) is 23.5 Å². The van der Waals surface area contributed by atoms with Crippen LogP contribution in [0.1, 0.15) is 46.5 Å². The van der Waals surface area contributed by atoms with Crippen LogP contribution < -0.4 is 11.1 Å². The highest BCUT2D eigenvalue weighted by molar-refractivity contribution is 5.80. The van der Waals surface area contributed by atoms with Crippen molar-refractivity contribution in [1.29, 1.82) is 5.26 Å². The lowest BCUT2D eigenvalue weighted by Gasteiger charge is -2.32. The molecule has 0 bridgehead atoms. The molecular weight excluding hydrogens is 226 g/mol. The number of carbonyl (C=O) groups is 1. The van der Waals surface area contributed by atoms with Gasteiger partial charge in [0.15, 0.2) is 0 Å². The molecule has 1 rings (SSSR count). The average Bonchev–Trinajstić information content (AvgIpc) is 2.27. The number of nitrogens with zero attached hydrogens (tertiary/aromatic N) is 1. The Kier molecular flexibility index (Phi) is 5.61. The summed E-state index contributed by atoms with van der Waals surface area (Å²) in [5.74, 6) is 0.840. The van der Waals surface area contributed by atoms with Crippen molar-refractivity contribution in [3.05, 3.63) is 0 Å². The number of hydrogen-bond donors (Lipinski definition) is 2. The molecule has 0 aromatic carbocycles. The fourth-order valence-electron chi connectivity index (χ4n) is 2.64. The van der Waals surface area contributed by atoms with Crippen LogP contribution in [0.3, 0.4) is 0 Å². The molecule has 4 heteroatoms. The van der Waals surface area contributed by atoms with Crippen LogP contribution >= 0.6 is 0 Å². The lowest BCUT2D eigenvalue weighted by Crippen LogP contribution is -2.47. The standard InChI is InChI=1S/C14H25N3O/c1-9(2)6-11(8-15)17-14(18)12-5-4-10(3)7-13(12)16/h9-13H,4-7,16H2,1-3H3,(H,17,18)/t10?,11?,12-,13+/m1/s1. The third-order valence-corrected chi connectivity index (χ3v) is 3.68. The van der Waals surface area contributed by atoms with E-state index in [-0.39, 0.29) is 23.9 Å². The predicted molar refractivity (Wildman–Crippen MR) is 71.5 cm³/mol. The topological polar surface area (TPSA) is 78.9 Å². The van der Waals surface area contributed by atoms with Gasteiger partial charge in [-0.3, -0.25) is 4.79 Å². The normalized spacial score (nSPS) is 29.7. The van der Waals surface area contributed by atoms with Crippen molar-refractivity contribution in [2.75, 3.05) is 0 Å². The lowest BCUT2D eigenvalue weighted by atomic mass is 9.79. The molecule has 3 N–H and O–H groups in total. The smallest absolute Gasteiger partial charge is 0.225 e. The minimum Gasteiger partial charge on any atom is -0.340 e. The van der Waals surface area contributed by atoms with Crippen LogP contribution in [-0.4, -0.2) is 18.0 Å². The van der Waals surface area contributed by atoms with Gasteiger partial charge in [-0.1, -0.05) is 20.8 Å². The molecule has 4 nitrogen and oxygen atoms in total. The summed E-state index contributed by atoms with van der Waals surface area (Å²) in [6.45, 7) is 6.26. The van der Waals surface area contributed by atoms with E-state index in [1.54, 1.807) is 0 Å². The number of nitriles is 1. The second-order valence-corrected chi connectivity index (χ2v) is 6.01. The minimum absolute atomic E-state index is 0.0402. The van der Waals surface area contributed by atoms with Crippen molar-refractivity contribution in [3.63, 3.8) is 0 Å². The van der Waals surface area contributed by atoms with Crippen molar-refractivity contribution in [1.82, 2.24) is 5.32 Å². The Balaban J connectivity index is 2.51. The van der Waals surface area contributed by atoms with Gasteiger partial charge in [-0.15, -0.1) is 0 Å². The Morgan fingerprint density at radius 2 is 2.17 bits per heavy atom. The summed E-state index contributed by atoms with van der Waals surface area (Å²) < 4.78 is 0. The molecule has 18 heavy (non-hydrogen) atoms. The zero-order chi connectivity index (χ0) is 13.7. The Morgan fingerprint density at radius 3 is 2.67 bits per heavy atom. The first-order valence-corrected chi connectivity index (χ1v) is 6.89. The molecule has 0 aromatic heterocycles. The summed E-state index contributed by atoms with van der Waals surface area (Å²) in [4.78, 5) is 12.1. The fourth-order valence-corrected chi connectivity index (χ4v) is 2.64. The minimum atomic E-state index is -0.385. The van der Waals surface area contributed by atoms with E-state index in [1.165, 1.54) is 0 Å². The fraction of sp³-hybridized carbons (Fsp3) is 0.857. The second kappa shape index (κ2) is 6.75. The molecule has 2 unspecified atom stereocenters. The van der Waals surface area contributed by atoms with Gasteiger partial charge in [0.1, 0.15) is 6.04 Å². The highest BCUT2D eigenvalue weighted by Gasteiger charge is 2.32. The molecule has 0 spiro atoms. The molecule has 1 fully saturated rings. The highest BCUT2D eigenvalue weighted by atomic mass is 16.2. The highest BCUT2D eigenvalue weighted by Crippen LogP contribution is 2.27. The zero-order valence-electron chi connectivity index (χ0n) is 11.6. The van der Waals surface area contributed by atoms with E-state index in [0.717, 1.165) is 19.3 Å². The van der Waals surface area contributed by atoms with Gasteiger partial charge in [-0.05, 0) is 37.5 Å². The summed E-state index contributed by atoms with van der Waals surface area (Å²) in [7, 11) is 0. The molecule has 1 amide bonds. The molecule has 0 heterocycles. The van der Waals surface area contributed by atoms with E-state index in [4.69, 9.17) is 11.0 Å². The SMILES string of the molecule is CC(C)CC(C#N)NC(=O)[C@@H]1CCC(C)C[C@@H]1N. The molecule has 1 aliphatic carbocycles. The molecule has 0 radical (unpaired) electrons. The molecule has 0 aromatic rings. The first-order chi connectivity index (χ1) is 8.43. The third-order valence-electron chi connectivity index (χ3n) is 3.68. The van der Waals surface area contributed by atoms with E-state index in [2.05, 4.69) is 18.3 Å². The monoisotopic (exact) mass is 251 g/mol. The van der Waals surface area contributed by atoms with Crippen LogP contribution in [0, 0.1) is 29.1 Å². The number of hydrogen-bond acceptors (Lipinski definition) is 3. The van der Waals surface area contributed by atoms with Crippen molar-refractivity contribution in [3.8, 4) is 6.07 Å². The first-order valence-electron chi connectivity index (χ1n) is 6.89. The lowest BCUT2D eigenvalue weighted by molar-refractivity contribution is -0.127. The molecular formula is C14H25N3O. The van der Waals surface area contributed by atoms with Gasteiger partial charge in [0.25, 0.3) is 0 Å². The Labute approximate surface area is 110 Å². The van der Waals surface area contributed by atoms with E-state index in [1.807, 2.05) is 13.8 Å². The molecule has 4 atom stereocenters. The van der Waals surface area contributed by atoms with Crippen LogP contribution in [0.25, 0.3) is 0 Å². The number of amides is 1. The van der Waals surface area contributed by atoms with Crippen LogP contribution in [-0.2, 0) is 4.79 Å². The van der Waals surface area contributed by atoms with Crippen LogP contribution in [0.4, 0.5) is 0 Å². The van der Waals surface area contributed by atoms with Crippen molar-refractivity contribution < 1.29 is 4.79 Å². The molecule has 0 aliphatic heterocycles. The maximum Gasteiger partial charge on any atom is 0.225 e. The van der Waals surface area contributed by atoms with Gasteiger partial charge in [-0.2, -0.15) is 5.26 Å². The summed E-state index contributed by atoms with van der Waals surface area (Å²) >= 11 is 0. The van der Waals surface area contributed by atoms with Gasteiger partial charge in [0.05, 0.1) is 12.0 Å². The predicted octanol–water partition coefficient (Wildman–Crippen LogP) is 1.80. The van der Waals surface area contributed by atoms with E-state index in [9.17, 15) is 4.79 Å². The van der Waals surface area contributed by atoms with Gasteiger partial charge in [0, 0.05) is 6.04 Å². The zero-order valence-corrected chi connectivity index (χ0v) is 11.6. The first kappa shape index (κ1) is 15.0. The van der Waals surface area contributed by atoms with Gasteiger partial charge in [0.2, 0.25) is 5.91 Å². The van der Waals surface area contributed by atoms with E-state index < -0.39 is 0 Å². The van der Waals surface area contributed by atoms with E-state index >= 15 is 0 Å². The Bertz CT molecular complexity index is 321. The van der Waals surface area contributed by atoms with E-state index in [0.29, 0.717) is 18.3 Å². The second-order valence-electron chi connectivity index (χ2n) is 6.01.